The van der Waals surface area contributed by atoms with Crippen LogP contribution in [0.25, 0.3) is 0 Å². The van der Waals surface area contributed by atoms with E-state index < -0.39 is 32.4 Å². The van der Waals surface area contributed by atoms with Gasteiger partial charge in [-0.15, -0.1) is 0 Å². The average molecular weight is 459 g/mol. The van der Waals surface area contributed by atoms with Crippen LogP contribution in [0.4, 0.5) is 11.6 Å². The third kappa shape index (κ3) is 3.11. The zero-order valence-electron chi connectivity index (χ0n) is 12.3. The van der Waals surface area contributed by atoms with Crippen LogP contribution in [0, 0.1) is 21.0 Å². The van der Waals surface area contributed by atoms with E-state index in [0.29, 0.717) is 11.1 Å². The van der Waals surface area contributed by atoms with E-state index in [1.807, 2.05) is 0 Å². The number of halogens is 4. The van der Waals surface area contributed by atoms with Crippen molar-refractivity contribution in [2.75, 3.05) is 0 Å². The van der Waals surface area contributed by atoms with Gasteiger partial charge in [-0.1, -0.05) is 0 Å². The molecule has 3 nitrogen and oxygen atoms in total. The van der Waals surface area contributed by atoms with Crippen molar-refractivity contribution in [2.45, 2.75) is 17.1 Å². The Morgan fingerprint density at radius 1 is 0.957 bits per heavy atom. The Bertz CT molecular complexity index is 805. The summed E-state index contributed by atoms with van der Waals surface area (Å²) in [6, 6.07) is 10.6. The van der Waals surface area contributed by atoms with Crippen LogP contribution in [0.15, 0.2) is 48.5 Å². The van der Waals surface area contributed by atoms with Gasteiger partial charge in [0.15, 0.2) is 0 Å². The number of aryl methyl sites for hydroxylation is 2. The molecule has 0 saturated heterocycles. The molecule has 0 aliphatic heterocycles. The monoisotopic (exact) mass is 459 g/mol. The molecule has 1 unspecified atom stereocenters. The second-order valence-electron chi connectivity index (χ2n) is 5.02. The van der Waals surface area contributed by atoms with E-state index in [0.717, 1.165) is 12.1 Å². The number of rotatable bonds is 4. The summed E-state index contributed by atoms with van der Waals surface area (Å²) in [5, 5.41) is 0. The molecule has 0 radical (unpaired) electrons. The Morgan fingerprint density at radius 2 is 1.43 bits per heavy atom. The van der Waals surface area contributed by atoms with Crippen molar-refractivity contribution >= 4 is 10.1 Å². The van der Waals surface area contributed by atoms with Gasteiger partial charge in [-0.05, 0) is 0 Å². The molecule has 8 heteroatoms. The van der Waals surface area contributed by atoms with Crippen molar-refractivity contribution < 1.29 is 43.6 Å². The normalized spacial score (nSPS) is 16.6. The molecule has 0 spiro atoms. The first-order valence-corrected chi connectivity index (χ1v) is 11.9. The molecular weight excluding hydrogens is 444 g/mol. The van der Waals surface area contributed by atoms with Crippen LogP contribution in [0.3, 0.4) is 0 Å². The molecule has 2 aromatic rings. The first-order chi connectivity index (χ1) is 10.5. The number of hydrogen-bond acceptors (Lipinski definition) is 2. The maximum atomic E-state index is 15.8. The standard InChI is InChI=1S/C15H15F3IO3S/c1-11-8-12(2)10-14(9-11)19(18,13-6-4-3-5-7-13)15(16,17)23(20,21)22/h3-10H,1-2H3,(H,20,21,22)/q-1. The van der Waals surface area contributed by atoms with Crippen molar-refractivity contribution in [2.24, 2.45) is 0 Å². The van der Waals surface area contributed by atoms with Gasteiger partial charge in [0.1, 0.15) is 0 Å². The van der Waals surface area contributed by atoms with Crippen molar-refractivity contribution in [1.29, 1.82) is 0 Å². The van der Waals surface area contributed by atoms with Gasteiger partial charge in [0.05, 0.1) is 0 Å². The number of benzene rings is 2. The second kappa shape index (κ2) is 6.06. The molecule has 0 bridgehead atoms. The van der Waals surface area contributed by atoms with Crippen LogP contribution >= 0.6 is 0 Å². The van der Waals surface area contributed by atoms with Gasteiger partial charge in [0.25, 0.3) is 0 Å². The Labute approximate surface area is 137 Å². The number of alkyl halides is 3. The van der Waals surface area contributed by atoms with Crippen LogP contribution in [0.5, 0.6) is 0 Å². The van der Waals surface area contributed by atoms with Crippen molar-refractivity contribution in [3.63, 3.8) is 0 Å². The van der Waals surface area contributed by atoms with E-state index in [2.05, 4.69) is 0 Å². The second-order valence-corrected chi connectivity index (χ2v) is 13.9. The summed E-state index contributed by atoms with van der Waals surface area (Å²) in [6.45, 7) is 3.21. The predicted molar refractivity (Wildman–Crippen MR) is 77.4 cm³/mol. The van der Waals surface area contributed by atoms with Gasteiger partial charge in [-0.3, -0.25) is 0 Å². The summed E-state index contributed by atoms with van der Waals surface area (Å²) in [5.41, 5.74) is 1.07. The molecule has 0 aliphatic carbocycles. The summed E-state index contributed by atoms with van der Waals surface area (Å²) in [4.78, 5) is 0. The van der Waals surface area contributed by atoms with E-state index in [4.69, 9.17) is 4.55 Å². The summed E-state index contributed by atoms with van der Waals surface area (Å²) < 4.78 is 70.6. The average Bonchev–Trinajstić information content (AvgIpc) is 2.45. The Hall–Kier alpha value is -1.13. The molecule has 0 heterocycles. The fourth-order valence-electron chi connectivity index (χ4n) is 2.17. The van der Waals surface area contributed by atoms with Gasteiger partial charge < -0.3 is 0 Å². The van der Waals surface area contributed by atoms with Gasteiger partial charge in [-0.25, -0.2) is 0 Å². The van der Waals surface area contributed by atoms with E-state index in [1.165, 1.54) is 30.3 Å². The molecule has 0 aromatic heterocycles. The quantitative estimate of drug-likeness (QED) is 0.419. The molecule has 0 amide bonds. The summed E-state index contributed by atoms with van der Waals surface area (Å²) in [5.74, 6) is 0. The van der Waals surface area contributed by atoms with Crippen molar-refractivity contribution in [1.82, 2.24) is 0 Å². The summed E-state index contributed by atoms with van der Waals surface area (Å²) in [6.07, 6.45) is 0. The molecule has 0 aliphatic rings. The SMILES string of the molecule is Cc1cc(C)cc([I-](F)(c2ccccc2)C(F)(F)S(=O)(=O)O)c1. The fraction of sp³-hybridized carbons (Fsp3) is 0.200. The predicted octanol–water partition coefficient (Wildman–Crippen LogP) is 0.826. The molecule has 128 valence electrons. The van der Waals surface area contributed by atoms with Gasteiger partial charge in [0.2, 0.25) is 0 Å². The molecule has 2 rings (SSSR count). The molecule has 0 saturated carbocycles. The van der Waals surface area contributed by atoms with Crippen LogP contribution < -0.4 is 19.0 Å². The summed E-state index contributed by atoms with van der Waals surface area (Å²) in [7, 11) is -5.91. The molecule has 1 N–H and O–H groups in total. The van der Waals surface area contributed by atoms with E-state index >= 15 is 2.86 Å². The van der Waals surface area contributed by atoms with Crippen molar-refractivity contribution in [3.8, 4) is 0 Å². The van der Waals surface area contributed by atoms with E-state index in [-0.39, 0.29) is 7.14 Å². The number of hydrogen-bond donors (Lipinski definition) is 1. The zero-order chi connectivity index (χ0) is 17.5. The minimum atomic E-state index is -6.15. The molecule has 23 heavy (non-hydrogen) atoms. The van der Waals surface area contributed by atoms with E-state index in [9.17, 15) is 17.2 Å². The van der Waals surface area contributed by atoms with Crippen LogP contribution in [-0.4, -0.2) is 16.2 Å². The van der Waals surface area contributed by atoms with Gasteiger partial charge in [0, 0.05) is 0 Å². The van der Waals surface area contributed by atoms with Crippen LogP contribution in [-0.2, 0) is 10.1 Å². The van der Waals surface area contributed by atoms with Gasteiger partial charge in [-0.2, -0.15) is 0 Å². The zero-order valence-corrected chi connectivity index (χ0v) is 15.3. The molecule has 1 atom stereocenters. The minimum absolute atomic E-state index is 0.358. The Balaban J connectivity index is 2.86. The first kappa shape index (κ1) is 18.2. The van der Waals surface area contributed by atoms with Crippen LogP contribution in [0.2, 0.25) is 0 Å². The topological polar surface area (TPSA) is 54.4 Å². The maximum absolute atomic E-state index is 15.8. The van der Waals surface area contributed by atoms with E-state index in [1.54, 1.807) is 19.9 Å². The molecular formula is C15H15F3IO3S-. The van der Waals surface area contributed by atoms with Crippen LogP contribution in [0.1, 0.15) is 11.1 Å². The molecule has 2 aromatic carbocycles. The summed E-state index contributed by atoms with van der Waals surface area (Å²) >= 11 is -6.15. The third-order valence-corrected chi connectivity index (χ3v) is 13.3. The Morgan fingerprint density at radius 3 is 1.87 bits per heavy atom. The third-order valence-electron chi connectivity index (χ3n) is 3.12. The first-order valence-electron chi connectivity index (χ1n) is 6.45. The van der Waals surface area contributed by atoms with Crippen molar-refractivity contribution in [3.05, 3.63) is 66.8 Å². The fourth-order valence-corrected chi connectivity index (χ4v) is 11.4. The Kier molecular flexibility index (Phi) is 4.80. The molecule has 0 fully saturated rings. The van der Waals surface area contributed by atoms with Gasteiger partial charge >= 0.3 is 138 Å².